The van der Waals surface area contributed by atoms with E-state index in [2.05, 4.69) is 0 Å². The molecule has 0 saturated carbocycles. The predicted octanol–water partition coefficient (Wildman–Crippen LogP) is -2.52. The Hall–Kier alpha value is 0.887. The third kappa shape index (κ3) is 13.1. The summed E-state index contributed by atoms with van der Waals surface area (Å²) < 4.78 is 0. The minimum atomic E-state index is 0. The van der Waals surface area contributed by atoms with Gasteiger partial charge in [-0.3, -0.25) is 9.41 Å². The van der Waals surface area contributed by atoms with Crippen LogP contribution in [0.15, 0.2) is 0 Å². The molecule has 0 bridgehead atoms. The van der Waals surface area contributed by atoms with Gasteiger partial charge in [0, 0.05) is 0 Å². The minimum absolute atomic E-state index is 0. The van der Waals surface area contributed by atoms with Crippen molar-refractivity contribution in [3.05, 3.63) is 0 Å². The summed E-state index contributed by atoms with van der Waals surface area (Å²) in [5.74, 6) is 0. The summed E-state index contributed by atoms with van der Waals surface area (Å²) in [6.45, 7) is 0. The summed E-state index contributed by atoms with van der Waals surface area (Å²) in [5, 5.41) is 0. The zero-order valence-corrected chi connectivity index (χ0v) is 3.94. The fourth-order valence-electron chi connectivity index (χ4n) is 0. The fourth-order valence-corrected chi connectivity index (χ4v) is 0. The maximum atomic E-state index is 0. The summed E-state index contributed by atoms with van der Waals surface area (Å²) in [6.07, 6.45) is 0. The Morgan fingerprint density at radius 3 is 1.00 bits per heavy atom. The van der Waals surface area contributed by atoms with Crippen LogP contribution in [0.5, 0.6) is 0 Å². The van der Waals surface area contributed by atoms with E-state index in [1.165, 1.54) is 0 Å². The van der Waals surface area contributed by atoms with Crippen LogP contribution in [0.4, 0.5) is 9.41 Å². The Balaban J connectivity index is 0. The van der Waals surface area contributed by atoms with Crippen molar-refractivity contribution in [2.75, 3.05) is 0 Å². The van der Waals surface area contributed by atoms with E-state index in [0.29, 0.717) is 0 Å². The van der Waals surface area contributed by atoms with Crippen LogP contribution in [0.25, 0.3) is 0 Å². The SMILES string of the molecule is F.F.P.[H-].[Li+]. The molecule has 0 aliphatic rings. The molecule has 0 rings (SSSR count). The molecule has 0 fully saturated rings. The van der Waals surface area contributed by atoms with Crippen LogP contribution in [0.1, 0.15) is 1.43 Å². The van der Waals surface area contributed by atoms with Gasteiger partial charge in [0.15, 0.2) is 0 Å². The number of hydrogen-bond donors (Lipinski definition) is 0. The maximum Gasteiger partial charge on any atom is 1.00 e. The molecule has 0 aromatic heterocycles. The van der Waals surface area contributed by atoms with Crippen molar-refractivity contribution in [1.29, 1.82) is 0 Å². The second-order valence-electron chi connectivity index (χ2n) is 0. The normalized spacial score (nSPS) is 0. The van der Waals surface area contributed by atoms with Crippen molar-refractivity contribution in [2.24, 2.45) is 0 Å². The van der Waals surface area contributed by atoms with Gasteiger partial charge in [0.1, 0.15) is 0 Å². The second kappa shape index (κ2) is 41.2. The Kier molecular flexibility index (Phi) is 965. The zero-order chi connectivity index (χ0) is 0. The van der Waals surface area contributed by atoms with Gasteiger partial charge >= 0.3 is 18.9 Å². The van der Waals surface area contributed by atoms with E-state index in [9.17, 15) is 0 Å². The van der Waals surface area contributed by atoms with Gasteiger partial charge in [-0.15, -0.1) is 0 Å². The van der Waals surface area contributed by atoms with Gasteiger partial charge in [0.2, 0.25) is 0 Å². The van der Waals surface area contributed by atoms with E-state index >= 15 is 0 Å². The van der Waals surface area contributed by atoms with Crippen LogP contribution >= 0.6 is 9.90 Å². The van der Waals surface area contributed by atoms with Crippen LogP contribution < -0.4 is 18.9 Å². The van der Waals surface area contributed by atoms with Gasteiger partial charge in [0.05, 0.1) is 0 Å². The Labute approximate surface area is 40.4 Å². The second-order valence-corrected chi connectivity index (χ2v) is 0. The molecular formula is H6F2LiP. The van der Waals surface area contributed by atoms with Crippen LogP contribution in [-0.2, 0) is 0 Å². The van der Waals surface area contributed by atoms with Gasteiger partial charge in [-0.1, -0.05) is 0 Å². The van der Waals surface area contributed by atoms with Gasteiger partial charge < -0.3 is 1.43 Å². The molecule has 0 aliphatic carbocycles. The molecule has 0 amide bonds. The summed E-state index contributed by atoms with van der Waals surface area (Å²) in [7, 11) is 0. The quantitative estimate of drug-likeness (QED) is 0.223. The van der Waals surface area contributed by atoms with Crippen molar-refractivity contribution >= 4 is 9.90 Å². The van der Waals surface area contributed by atoms with Crippen molar-refractivity contribution in [3.8, 4) is 0 Å². The van der Waals surface area contributed by atoms with E-state index in [0.717, 1.165) is 0 Å². The number of rotatable bonds is 0. The molecular weight excluding hydrogens is 75.9 g/mol. The van der Waals surface area contributed by atoms with E-state index in [1.807, 2.05) is 0 Å². The molecule has 0 spiro atoms. The molecule has 0 N–H and O–H groups in total. The molecule has 0 aromatic carbocycles. The molecule has 4 heavy (non-hydrogen) atoms. The topological polar surface area (TPSA) is 0 Å². The Morgan fingerprint density at radius 1 is 1.00 bits per heavy atom. The minimum Gasteiger partial charge on any atom is -1.00 e. The van der Waals surface area contributed by atoms with Crippen LogP contribution in [-0.4, -0.2) is 0 Å². The fraction of sp³-hybridized carbons (Fsp3) is 0. The smallest absolute Gasteiger partial charge is 1.00 e. The summed E-state index contributed by atoms with van der Waals surface area (Å²) in [6, 6.07) is 0. The third-order valence-corrected chi connectivity index (χ3v) is 0. The molecule has 0 radical (unpaired) electrons. The summed E-state index contributed by atoms with van der Waals surface area (Å²) in [5.41, 5.74) is 0. The summed E-state index contributed by atoms with van der Waals surface area (Å²) in [4.78, 5) is 0. The Bertz CT molecular complexity index is 9.61. The largest absolute Gasteiger partial charge is 1.00 e. The molecule has 26 valence electrons. The molecule has 0 heterocycles. The van der Waals surface area contributed by atoms with Crippen LogP contribution in [0.3, 0.4) is 0 Å². The van der Waals surface area contributed by atoms with E-state index in [1.54, 1.807) is 0 Å². The maximum absolute atomic E-state index is 0. The average molecular weight is 82.0 g/mol. The Morgan fingerprint density at radius 2 is 1.00 bits per heavy atom. The van der Waals surface area contributed by atoms with Crippen molar-refractivity contribution in [2.45, 2.75) is 0 Å². The molecule has 0 aliphatic heterocycles. The van der Waals surface area contributed by atoms with E-state index < -0.39 is 0 Å². The van der Waals surface area contributed by atoms with Gasteiger partial charge in [-0.05, 0) is 0 Å². The standard InChI is InChI=1S/2FH.Li.H3P.H/h2*1H;;1H3;/q;;+1;;-1. The molecule has 1 atom stereocenters. The van der Waals surface area contributed by atoms with Crippen LogP contribution in [0, 0.1) is 0 Å². The van der Waals surface area contributed by atoms with Crippen molar-refractivity contribution < 1.29 is 29.7 Å². The van der Waals surface area contributed by atoms with Crippen LogP contribution in [0.2, 0.25) is 0 Å². The first-order chi connectivity index (χ1) is 0. The van der Waals surface area contributed by atoms with E-state index in [-0.39, 0.29) is 39.6 Å². The van der Waals surface area contributed by atoms with Crippen molar-refractivity contribution in [1.82, 2.24) is 0 Å². The molecule has 0 nitrogen and oxygen atoms in total. The monoisotopic (exact) mass is 82.0 g/mol. The molecule has 4 heteroatoms. The third-order valence-electron chi connectivity index (χ3n) is 0. The first-order valence-electron chi connectivity index (χ1n) is 0. The van der Waals surface area contributed by atoms with Gasteiger partial charge in [-0.2, -0.15) is 9.90 Å². The van der Waals surface area contributed by atoms with E-state index in [4.69, 9.17) is 0 Å². The first-order valence-corrected chi connectivity index (χ1v) is 0. The average Bonchev–Trinajstić information content (AvgIpc) is 0. The number of halogens is 2. The van der Waals surface area contributed by atoms with Gasteiger partial charge in [-0.25, -0.2) is 0 Å². The summed E-state index contributed by atoms with van der Waals surface area (Å²) >= 11 is 0. The molecule has 0 saturated heterocycles. The van der Waals surface area contributed by atoms with Crippen molar-refractivity contribution in [3.63, 3.8) is 0 Å². The van der Waals surface area contributed by atoms with Gasteiger partial charge in [0.25, 0.3) is 0 Å². The zero-order valence-electron chi connectivity index (χ0n) is 3.52. The predicted molar refractivity (Wildman–Crippen MR) is 17.2 cm³/mol. The molecule has 0 aromatic rings. The molecule has 1 unspecified atom stereocenters. The number of hydrogen-bond acceptors (Lipinski definition) is 0. The first kappa shape index (κ1) is 93.8.